The Morgan fingerprint density at radius 3 is 2.56 bits per heavy atom. The van der Waals surface area contributed by atoms with Crippen molar-refractivity contribution in [3.05, 3.63) is 60.2 Å². The smallest absolute Gasteiger partial charge is 0.240 e. The third-order valence-electron chi connectivity index (χ3n) is 5.38. The Hall–Kier alpha value is -2.13. The van der Waals surface area contributed by atoms with E-state index < -0.39 is 5.54 Å². The largest absolute Gasteiger partial charge is 0.352 e. The van der Waals surface area contributed by atoms with E-state index in [4.69, 9.17) is 0 Å². The van der Waals surface area contributed by atoms with Crippen LogP contribution in [0.25, 0.3) is 11.1 Å². The first-order valence-corrected chi connectivity index (χ1v) is 9.46. The molecule has 1 aliphatic heterocycles. The van der Waals surface area contributed by atoms with E-state index in [0.29, 0.717) is 6.04 Å². The Bertz CT molecular complexity index is 731. The first kappa shape index (κ1) is 16.3. The van der Waals surface area contributed by atoms with E-state index in [2.05, 4.69) is 59.2 Å². The molecule has 130 valence electrons. The van der Waals surface area contributed by atoms with Crippen LogP contribution in [-0.2, 0) is 11.2 Å². The van der Waals surface area contributed by atoms with E-state index in [1.54, 1.807) is 0 Å². The molecule has 1 aliphatic carbocycles. The maximum atomic E-state index is 13.0. The molecule has 0 bridgehead atoms. The van der Waals surface area contributed by atoms with E-state index in [0.717, 1.165) is 45.1 Å². The molecular formula is C22H26N2O. The minimum Gasteiger partial charge on any atom is -0.352 e. The predicted molar refractivity (Wildman–Crippen MR) is 101 cm³/mol. The van der Waals surface area contributed by atoms with E-state index in [9.17, 15) is 4.79 Å². The maximum Gasteiger partial charge on any atom is 0.240 e. The van der Waals surface area contributed by atoms with Gasteiger partial charge >= 0.3 is 0 Å². The third kappa shape index (κ3) is 3.77. The van der Waals surface area contributed by atoms with Crippen molar-refractivity contribution in [2.45, 2.75) is 50.1 Å². The van der Waals surface area contributed by atoms with Gasteiger partial charge in [0.25, 0.3) is 0 Å². The van der Waals surface area contributed by atoms with Crippen LogP contribution < -0.4 is 10.6 Å². The molecule has 2 aromatic carbocycles. The number of hydrogen-bond acceptors (Lipinski definition) is 2. The van der Waals surface area contributed by atoms with Crippen LogP contribution in [0.15, 0.2) is 54.6 Å². The van der Waals surface area contributed by atoms with Crippen LogP contribution in [0.1, 0.15) is 37.7 Å². The van der Waals surface area contributed by atoms with Crippen LogP contribution in [0.4, 0.5) is 0 Å². The number of carbonyl (C=O) groups is 1. The lowest BCUT2D eigenvalue weighted by Crippen LogP contribution is -2.60. The second-order valence-corrected chi connectivity index (χ2v) is 7.46. The van der Waals surface area contributed by atoms with Crippen LogP contribution in [0, 0.1) is 0 Å². The van der Waals surface area contributed by atoms with Gasteiger partial charge in [0.1, 0.15) is 5.54 Å². The molecule has 2 N–H and O–H groups in total. The average molecular weight is 334 g/mol. The third-order valence-corrected chi connectivity index (χ3v) is 5.38. The molecule has 1 heterocycles. The second-order valence-electron chi connectivity index (χ2n) is 7.46. The van der Waals surface area contributed by atoms with E-state index in [1.165, 1.54) is 16.7 Å². The summed E-state index contributed by atoms with van der Waals surface area (Å²) in [5.74, 6) is 0.194. The summed E-state index contributed by atoms with van der Waals surface area (Å²) in [6.45, 7) is 0.927. The highest BCUT2D eigenvalue weighted by Gasteiger charge is 2.41. The van der Waals surface area contributed by atoms with Gasteiger partial charge in [-0.1, -0.05) is 54.6 Å². The van der Waals surface area contributed by atoms with Crippen LogP contribution in [0.5, 0.6) is 0 Å². The molecule has 1 saturated carbocycles. The SMILES string of the molecule is O=C(NC1CC1)C1(Cc2cccc(-c3ccccc3)c2)CCCCN1. The molecule has 1 saturated heterocycles. The number of amides is 1. The number of benzene rings is 2. The molecule has 3 nitrogen and oxygen atoms in total. The summed E-state index contributed by atoms with van der Waals surface area (Å²) >= 11 is 0. The second kappa shape index (κ2) is 7.01. The van der Waals surface area contributed by atoms with Gasteiger partial charge in [-0.3, -0.25) is 4.79 Å². The van der Waals surface area contributed by atoms with E-state index in [-0.39, 0.29) is 5.91 Å². The van der Waals surface area contributed by atoms with Crippen molar-refractivity contribution in [1.29, 1.82) is 0 Å². The molecule has 3 heteroatoms. The zero-order chi connectivity index (χ0) is 17.1. The zero-order valence-corrected chi connectivity index (χ0v) is 14.6. The quantitative estimate of drug-likeness (QED) is 0.876. The molecular weight excluding hydrogens is 308 g/mol. The van der Waals surface area contributed by atoms with Crippen molar-refractivity contribution in [2.24, 2.45) is 0 Å². The summed E-state index contributed by atoms with van der Waals surface area (Å²) in [7, 11) is 0. The number of hydrogen-bond donors (Lipinski definition) is 2. The Balaban J connectivity index is 1.58. The van der Waals surface area contributed by atoms with Gasteiger partial charge in [-0.2, -0.15) is 0 Å². The van der Waals surface area contributed by atoms with Gasteiger partial charge in [-0.25, -0.2) is 0 Å². The van der Waals surface area contributed by atoms with Gasteiger partial charge in [0, 0.05) is 6.04 Å². The fourth-order valence-corrected chi connectivity index (χ4v) is 3.78. The lowest BCUT2D eigenvalue weighted by Gasteiger charge is -2.37. The highest BCUT2D eigenvalue weighted by molar-refractivity contribution is 5.87. The Labute approximate surface area is 149 Å². The number of piperidine rings is 1. The molecule has 1 amide bonds. The Morgan fingerprint density at radius 2 is 1.84 bits per heavy atom. The van der Waals surface area contributed by atoms with Crippen LogP contribution in [-0.4, -0.2) is 24.0 Å². The lowest BCUT2D eigenvalue weighted by atomic mass is 9.81. The molecule has 1 unspecified atom stereocenters. The van der Waals surface area contributed by atoms with E-state index in [1.807, 2.05) is 6.07 Å². The van der Waals surface area contributed by atoms with Gasteiger partial charge in [0.05, 0.1) is 0 Å². The molecule has 0 aromatic heterocycles. The van der Waals surface area contributed by atoms with Crippen molar-refractivity contribution >= 4 is 5.91 Å². The first-order valence-electron chi connectivity index (χ1n) is 9.46. The summed E-state index contributed by atoms with van der Waals surface area (Å²) < 4.78 is 0. The summed E-state index contributed by atoms with van der Waals surface area (Å²) in [5, 5.41) is 6.79. The van der Waals surface area contributed by atoms with Crippen LogP contribution in [0.3, 0.4) is 0 Å². The van der Waals surface area contributed by atoms with Gasteiger partial charge in [-0.15, -0.1) is 0 Å². The van der Waals surface area contributed by atoms with Crippen molar-refractivity contribution in [1.82, 2.24) is 10.6 Å². The molecule has 4 rings (SSSR count). The monoisotopic (exact) mass is 334 g/mol. The van der Waals surface area contributed by atoms with Crippen molar-refractivity contribution in [3.8, 4) is 11.1 Å². The molecule has 1 atom stereocenters. The standard InChI is InChI=1S/C22H26N2O/c25-21(24-20-11-12-20)22(13-4-5-14-23-22)16-17-7-6-10-19(15-17)18-8-2-1-3-9-18/h1-3,6-10,15,20,23H,4-5,11-14,16H2,(H,24,25). The number of rotatable bonds is 5. The summed E-state index contributed by atoms with van der Waals surface area (Å²) in [4.78, 5) is 13.0. The summed E-state index contributed by atoms with van der Waals surface area (Å²) in [6, 6.07) is 19.5. The molecule has 2 aliphatic rings. The zero-order valence-electron chi connectivity index (χ0n) is 14.6. The molecule has 0 radical (unpaired) electrons. The van der Waals surface area contributed by atoms with Crippen molar-refractivity contribution in [3.63, 3.8) is 0 Å². The van der Waals surface area contributed by atoms with Gasteiger partial charge in [0.2, 0.25) is 5.91 Å². The molecule has 2 fully saturated rings. The minimum atomic E-state index is -0.448. The van der Waals surface area contributed by atoms with Gasteiger partial charge < -0.3 is 10.6 Å². The maximum absolute atomic E-state index is 13.0. The normalized spacial score (nSPS) is 23.2. The van der Waals surface area contributed by atoms with Crippen molar-refractivity contribution in [2.75, 3.05) is 6.54 Å². The van der Waals surface area contributed by atoms with E-state index >= 15 is 0 Å². The molecule has 2 aromatic rings. The lowest BCUT2D eigenvalue weighted by molar-refractivity contribution is -0.128. The van der Waals surface area contributed by atoms with Gasteiger partial charge in [0.15, 0.2) is 0 Å². The predicted octanol–water partition coefficient (Wildman–Crippen LogP) is 3.69. The van der Waals surface area contributed by atoms with Gasteiger partial charge in [-0.05, 0) is 61.8 Å². The highest BCUT2D eigenvalue weighted by atomic mass is 16.2. The average Bonchev–Trinajstić information content (AvgIpc) is 3.47. The highest BCUT2D eigenvalue weighted by Crippen LogP contribution is 2.29. The Morgan fingerprint density at radius 1 is 1.04 bits per heavy atom. The fraction of sp³-hybridized carbons (Fsp3) is 0.409. The minimum absolute atomic E-state index is 0.194. The first-order chi connectivity index (χ1) is 12.3. The number of nitrogens with one attached hydrogen (secondary N) is 2. The topological polar surface area (TPSA) is 41.1 Å². The molecule has 0 spiro atoms. The number of carbonyl (C=O) groups excluding carboxylic acids is 1. The fourth-order valence-electron chi connectivity index (χ4n) is 3.78. The van der Waals surface area contributed by atoms with Crippen LogP contribution >= 0.6 is 0 Å². The molecule has 25 heavy (non-hydrogen) atoms. The van der Waals surface area contributed by atoms with Crippen molar-refractivity contribution < 1.29 is 4.79 Å². The summed E-state index contributed by atoms with van der Waals surface area (Å²) in [6.07, 6.45) is 6.20. The van der Waals surface area contributed by atoms with Crippen LogP contribution in [0.2, 0.25) is 0 Å². The Kier molecular flexibility index (Phi) is 4.58. The summed E-state index contributed by atoms with van der Waals surface area (Å²) in [5.41, 5.74) is 3.21.